The van der Waals surface area contributed by atoms with Crippen LogP contribution in [0.15, 0.2) is 4.79 Å². The summed E-state index contributed by atoms with van der Waals surface area (Å²) in [6.45, 7) is 3.52. The normalized spacial score (nSPS) is 16.8. The Labute approximate surface area is 142 Å². The van der Waals surface area contributed by atoms with Gasteiger partial charge in [-0.3, -0.25) is 19.0 Å². The second-order valence-electron chi connectivity index (χ2n) is 5.83. The van der Waals surface area contributed by atoms with Crippen LogP contribution in [-0.4, -0.2) is 28.0 Å². The quantitative estimate of drug-likeness (QED) is 0.836. The van der Waals surface area contributed by atoms with Crippen molar-refractivity contribution in [2.75, 3.05) is 6.61 Å². The molecule has 2 aromatic heterocycles. The van der Waals surface area contributed by atoms with Crippen molar-refractivity contribution in [3.8, 4) is 0 Å². The molecule has 1 amide bonds. The lowest BCUT2D eigenvalue weighted by molar-refractivity contribution is -0.145. The van der Waals surface area contributed by atoms with Gasteiger partial charge in [0.15, 0.2) is 0 Å². The molecule has 0 aromatic carbocycles. The van der Waals surface area contributed by atoms with Gasteiger partial charge in [0, 0.05) is 4.88 Å². The maximum atomic E-state index is 12.9. The average molecular weight is 349 g/mol. The van der Waals surface area contributed by atoms with E-state index in [1.807, 2.05) is 0 Å². The molecule has 8 heteroatoms. The monoisotopic (exact) mass is 349 g/mol. The van der Waals surface area contributed by atoms with Crippen molar-refractivity contribution < 1.29 is 14.3 Å². The summed E-state index contributed by atoms with van der Waals surface area (Å²) in [6.07, 6.45) is 2.35. The lowest BCUT2D eigenvalue weighted by Crippen LogP contribution is -2.31. The van der Waals surface area contributed by atoms with Crippen molar-refractivity contribution in [2.45, 2.75) is 45.6 Å². The molecule has 0 fully saturated rings. The maximum absolute atomic E-state index is 12.9. The van der Waals surface area contributed by atoms with Crippen LogP contribution in [0, 0.1) is 6.92 Å². The van der Waals surface area contributed by atoms with Gasteiger partial charge in [-0.2, -0.15) is 0 Å². The highest BCUT2D eigenvalue weighted by atomic mass is 32.1. The van der Waals surface area contributed by atoms with Crippen LogP contribution in [0.1, 0.15) is 41.9 Å². The number of hydrogen-bond acceptors (Lipinski definition) is 6. The van der Waals surface area contributed by atoms with Gasteiger partial charge in [0.05, 0.1) is 17.9 Å². The molecule has 0 saturated heterocycles. The second kappa shape index (κ2) is 6.35. The van der Waals surface area contributed by atoms with Crippen molar-refractivity contribution in [2.24, 2.45) is 5.73 Å². The van der Waals surface area contributed by atoms with Crippen molar-refractivity contribution in [3.63, 3.8) is 0 Å². The van der Waals surface area contributed by atoms with E-state index in [0.717, 1.165) is 23.3 Å². The lowest BCUT2D eigenvalue weighted by Gasteiger charge is -2.21. The fourth-order valence-electron chi connectivity index (χ4n) is 3.24. The minimum absolute atomic E-state index is 0.220. The van der Waals surface area contributed by atoms with Crippen LogP contribution >= 0.6 is 11.3 Å². The predicted molar refractivity (Wildman–Crippen MR) is 90.1 cm³/mol. The number of amides is 1. The van der Waals surface area contributed by atoms with Gasteiger partial charge in [0.2, 0.25) is 5.91 Å². The first-order valence-electron chi connectivity index (χ1n) is 7.91. The molecule has 2 aromatic rings. The topological polar surface area (TPSA) is 104 Å². The number of esters is 1. The van der Waals surface area contributed by atoms with Crippen molar-refractivity contribution in [1.82, 2.24) is 9.55 Å². The summed E-state index contributed by atoms with van der Waals surface area (Å²) >= 11 is 1.45. The molecule has 24 heavy (non-hydrogen) atoms. The number of ether oxygens (including phenoxy) is 1. The number of rotatable bonds is 4. The third-order valence-corrected chi connectivity index (χ3v) is 5.41. The second-order valence-corrected chi connectivity index (χ2v) is 6.92. The Morgan fingerprint density at radius 3 is 2.88 bits per heavy atom. The minimum atomic E-state index is -0.604. The summed E-state index contributed by atoms with van der Waals surface area (Å²) in [7, 11) is 0. The summed E-state index contributed by atoms with van der Waals surface area (Å²) < 4.78 is 6.45. The van der Waals surface area contributed by atoms with Gasteiger partial charge in [0.25, 0.3) is 5.56 Å². The zero-order valence-corrected chi connectivity index (χ0v) is 14.4. The van der Waals surface area contributed by atoms with Gasteiger partial charge < -0.3 is 10.5 Å². The highest BCUT2D eigenvalue weighted by molar-refractivity contribution is 7.18. The summed E-state index contributed by atoms with van der Waals surface area (Å²) in [6, 6.07) is 0. The van der Waals surface area contributed by atoms with Gasteiger partial charge >= 0.3 is 5.97 Å². The van der Waals surface area contributed by atoms with E-state index in [0.29, 0.717) is 29.1 Å². The molecule has 1 unspecified atom stereocenters. The molecule has 2 N–H and O–H groups in total. The molecule has 0 radical (unpaired) electrons. The first-order chi connectivity index (χ1) is 11.4. The smallest absolute Gasteiger partial charge is 0.313 e. The van der Waals surface area contributed by atoms with Crippen LogP contribution in [0.25, 0.3) is 10.2 Å². The molecule has 0 saturated carbocycles. The molecular formula is C16H19N3O4S. The number of fused-ring (bicyclic) bond motifs is 3. The van der Waals surface area contributed by atoms with E-state index in [4.69, 9.17) is 10.5 Å². The highest BCUT2D eigenvalue weighted by Gasteiger charge is 2.33. The van der Waals surface area contributed by atoms with Crippen LogP contribution in [0.2, 0.25) is 0 Å². The van der Waals surface area contributed by atoms with Gasteiger partial charge in [-0.15, -0.1) is 11.3 Å². The van der Waals surface area contributed by atoms with Crippen molar-refractivity contribution in [1.29, 1.82) is 0 Å². The molecule has 1 aliphatic carbocycles. The van der Waals surface area contributed by atoms with E-state index >= 15 is 0 Å². The summed E-state index contributed by atoms with van der Waals surface area (Å²) in [4.78, 5) is 42.6. The number of aryl methyl sites for hydroxylation is 2. The van der Waals surface area contributed by atoms with E-state index in [1.165, 1.54) is 15.9 Å². The highest BCUT2D eigenvalue weighted by Crippen LogP contribution is 2.41. The molecule has 2 heterocycles. The van der Waals surface area contributed by atoms with Crippen LogP contribution in [0.3, 0.4) is 0 Å². The number of carbonyl (C=O) groups excluding carboxylic acids is 2. The molecule has 7 nitrogen and oxygen atoms in total. The molecule has 3 rings (SSSR count). The minimum Gasteiger partial charge on any atom is -0.466 e. The van der Waals surface area contributed by atoms with E-state index in [-0.39, 0.29) is 18.1 Å². The van der Waals surface area contributed by atoms with E-state index in [2.05, 4.69) is 4.98 Å². The number of hydrogen-bond donors (Lipinski definition) is 1. The van der Waals surface area contributed by atoms with E-state index < -0.39 is 11.8 Å². The Bertz CT molecular complexity index is 884. The molecule has 1 aliphatic rings. The van der Waals surface area contributed by atoms with Gasteiger partial charge in [-0.25, -0.2) is 4.98 Å². The first kappa shape index (κ1) is 16.6. The summed E-state index contributed by atoms with van der Waals surface area (Å²) in [5.74, 6) is -0.911. The SMILES string of the molecule is CCOC(=O)C1CCCc2sc3nc(C)n(CC(N)=O)c(=O)c3c21. The average Bonchev–Trinajstić information content (AvgIpc) is 2.89. The third kappa shape index (κ3) is 2.71. The Morgan fingerprint density at radius 2 is 2.21 bits per heavy atom. The number of thiophene rings is 1. The van der Waals surface area contributed by atoms with Crippen LogP contribution in [0.4, 0.5) is 0 Å². The number of primary amides is 1. The van der Waals surface area contributed by atoms with Gasteiger partial charge in [-0.05, 0) is 38.7 Å². The van der Waals surface area contributed by atoms with Gasteiger partial charge in [-0.1, -0.05) is 0 Å². The Hall–Kier alpha value is -2.22. The molecule has 128 valence electrons. The molecule has 0 bridgehead atoms. The third-order valence-electron chi connectivity index (χ3n) is 4.25. The lowest BCUT2D eigenvalue weighted by atomic mass is 9.86. The molecule has 0 spiro atoms. The Morgan fingerprint density at radius 1 is 1.46 bits per heavy atom. The fourth-order valence-corrected chi connectivity index (χ4v) is 4.55. The number of aromatic nitrogens is 2. The first-order valence-corrected chi connectivity index (χ1v) is 8.73. The number of carbonyl (C=O) groups is 2. The van der Waals surface area contributed by atoms with Crippen LogP contribution in [-0.2, 0) is 27.3 Å². The van der Waals surface area contributed by atoms with Gasteiger partial charge in [0.1, 0.15) is 17.2 Å². The molecular weight excluding hydrogens is 330 g/mol. The summed E-state index contributed by atoms with van der Waals surface area (Å²) in [5.41, 5.74) is 5.65. The van der Waals surface area contributed by atoms with Crippen molar-refractivity contribution >= 4 is 33.4 Å². The Kier molecular flexibility index (Phi) is 4.40. The van der Waals surface area contributed by atoms with E-state index in [1.54, 1.807) is 13.8 Å². The molecule has 0 aliphatic heterocycles. The zero-order valence-electron chi connectivity index (χ0n) is 13.6. The Balaban J connectivity index is 2.24. The number of nitrogens with zero attached hydrogens (tertiary/aromatic N) is 2. The zero-order chi connectivity index (χ0) is 17.4. The largest absolute Gasteiger partial charge is 0.466 e. The standard InChI is InChI=1S/C16H19N3O4S/c1-3-23-16(22)9-5-4-6-10-12(9)13-14(24-10)18-8(2)19(15(13)21)7-11(17)20/h9H,3-7H2,1-2H3,(H2,17,20). The fraction of sp³-hybridized carbons (Fsp3) is 0.500. The van der Waals surface area contributed by atoms with Crippen LogP contribution < -0.4 is 11.3 Å². The summed E-state index contributed by atoms with van der Waals surface area (Å²) in [5, 5.41) is 0.430. The molecule has 1 atom stereocenters. The van der Waals surface area contributed by atoms with E-state index in [9.17, 15) is 14.4 Å². The predicted octanol–water partition coefficient (Wildman–Crippen LogP) is 1.23. The van der Waals surface area contributed by atoms with Crippen molar-refractivity contribution in [3.05, 3.63) is 26.6 Å². The van der Waals surface area contributed by atoms with Crippen LogP contribution in [0.5, 0.6) is 0 Å². The number of nitrogens with two attached hydrogens (primary N) is 1. The maximum Gasteiger partial charge on any atom is 0.313 e.